The normalized spacial score (nSPS) is 11.5. The standard InChI is InChI=1S/C16H15NO4/c1-11(18)17-13-8-5-9-14(10-13)21-15(16(19)20)12-6-3-2-4-7-12/h2-10,15H,1H3,(H,17,18)(H,19,20). The molecule has 1 amide bonds. The second kappa shape index (κ2) is 6.56. The quantitative estimate of drug-likeness (QED) is 0.885. The van der Waals surface area contributed by atoms with Crippen molar-refractivity contribution in [1.82, 2.24) is 0 Å². The molecule has 0 spiro atoms. The molecule has 1 unspecified atom stereocenters. The Labute approximate surface area is 122 Å². The Hall–Kier alpha value is -2.82. The van der Waals surface area contributed by atoms with Gasteiger partial charge in [0.05, 0.1) is 0 Å². The molecule has 0 aromatic heterocycles. The van der Waals surface area contributed by atoms with Crippen molar-refractivity contribution < 1.29 is 19.4 Å². The Bertz CT molecular complexity index is 640. The molecular formula is C16H15NO4. The molecule has 0 aliphatic heterocycles. The summed E-state index contributed by atoms with van der Waals surface area (Å²) in [6.07, 6.45) is -1.10. The summed E-state index contributed by atoms with van der Waals surface area (Å²) < 4.78 is 5.53. The lowest BCUT2D eigenvalue weighted by atomic mass is 10.1. The number of ether oxygens (including phenoxy) is 1. The molecule has 0 heterocycles. The zero-order valence-electron chi connectivity index (χ0n) is 11.4. The molecule has 0 aliphatic rings. The second-order valence-electron chi connectivity index (χ2n) is 4.46. The van der Waals surface area contributed by atoms with E-state index in [-0.39, 0.29) is 5.91 Å². The van der Waals surface area contributed by atoms with Crippen LogP contribution in [0.15, 0.2) is 54.6 Å². The van der Waals surface area contributed by atoms with Crippen molar-refractivity contribution in [1.29, 1.82) is 0 Å². The van der Waals surface area contributed by atoms with Crippen molar-refractivity contribution in [2.45, 2.75) is 13.0 Å². The Morgan fingerprint density at radius 2 is 1.81 bits per heavy atom. The molecule has 0 bridgehead atoms. The van der Waals surface area contributed by atoms with Crippen LogP contribution >= 0.6 is 0 Å². The smallest absolute Gasteiger partial charge is 0.349 e. The van der Waals surface area contributed by atoms with E-state index >= 15 is 0 Å². The number of carbonyl (C=O) groups excluding carboxylic acids is 1. The van der Waals surface area contributed by atoms with Gasteiger partial charge in [-0.1, -0.05) is 36.4 Å². The van der Waals surface area contributed by atoms with Gasteiger partial charge >= 0.3 is 5.97 Å². The predicted molar refractivity (Wildman–Crippen MR) is 78.2 cm³/mol. The fourth-order valence-electron chi connectivity index (χ4n) is 1.88. The summed E-state index contributed by atoms with van der Waals surface area (Å²) in [5.41, 5.74) is 1.10. The molecule has 5 heteroatoms. The van der Waals surface area contributed by atoms with Gasteiger partial charge in [0.25, 0.3) is 0 Å². The lowest BCUT2D eigenvalue weighted by Crippen LogP contribution is -2.18. The number of carboxylic acid groups (broad SMARTS) is 1. The minimum Gasteiger partial charge on any atom is -0.478 e. The Balaban J connectivity index is 2.22. The zero-order chi connectivity index (χ0) is 15.2. The maximum Gasteiger partial charge on any atom is 0.349 e. The number of rotatable bonds is 5. The summed E-state index contributed by atoms with van der Waals surface area (Å²) in [5.74, 6) is -0.909. The molecule has 0 radical (unpaired) electrons. The third kappa shape index (κ3) is 4.07. The van der Waals surface area contributed by atoms with Crippen molar-refractivity contribution >= 4 is 17.6 Å². The zero-order valence-corrected chi connectivity index (χ0v) is 11.4. The van der Waals surface area contributed by atoms with Gasteiger partial charge in [-0.2, -0.15) is 0 Å². The molecule has 0 fully saturated rings. The second-order valence-corrected chi connectivity index (χ2v) is 4.46. The summed E-state index contributed by atoms with van der Waals surface area (Å²) in [5, 5.41) is 11.9. The Kier molecular flexibility index (Phi) is 4.56. The van der Waals surface area contributed by atoms with Crippen LogP contribution in [-0.2, 0) is 9.59 Å². The molecule has 2 rings (SSSR count). The maximum absolute atomic E-state index is 11.4. The number of amides is 1. The molecule has 108 valence electrons. The molecule has 0 saturated carbocycles. The number of carboxylic acids is 1. The molecule has 21 heavy (non-hydrogen) atoms. The highest BCUT2D eigenvalue weighted by Crippen LogP contribution is 2.24. The molecule has 2 aromatic rings. The van der Waals surface area contributed by atoms with E-state index in [1.807, 2.05) is 0 Å². The third-order valence-electron chi connectivity index (χ3n) is 2.73. The minimum absolute atomic E-state index is 0.204. The summed E-state index contributed by atoms with van der Waals surface area (Å²) in [6, 6.07) is 15.3. The topological polar surface area (TPSA) is 75.6 Å². The summed E-state index contributed by atoms with van der Waals surface area (Å²) in [6.45, 7) is 1.40. The monoisotopic (exact) mass is 285 g/mol. The first-order valence-corrected chi connectivity index (χ1v) is 6.38. The molecular weight excluding hydrogens is 270 g/mol. The van der Waals surface area contributed by atoms with Gasteiger partial charge in [-0.25, -0.2) is 4.79 Å². The van der Waals surface area contributed by atoms with Crippen molar-refractivity contribution in [2.24, 2.45) is 0 Å². The van der Waals surface area contributed by atoms with Crippen LogP contribution in [0.1, 0.15) is 18.6 Å². The highest BCUT2D eigenvalue weighted by Gasteiger charge is 2.21. The van der Waals surface area contributed by atoms with E-state index in [0.29, 0.717) is 17.0 Å². The maximum atomic E-state index is 11.4. The van der Waals surface area contributed by atoms with Crippen molar-refractivity contribution in [2.75, 3.05) is 5.32 Å². The van der Waals surface area contributed by atoms with Crippen LogP contribution in [0, 0.1) is 0 Å². The van der Waals surface area contributed by atoms with Gasteiger partial charge in [0.1, 0.15) is 5.75 Å². The number of hydrogen-bond acceptors (Lipinski definition) is 3. The average Bonchev–Trinajstić information content (AvgIpc) is 2.45. The van der Waals surface area contributed by atoms with E-state index in [9.17, 15) is 14.7 Å². The van der Waals surface area contributed by atoms with Gasteiger partial charge < -0.3 is 15.2 Å². The van der Waals surface area contributed by atoms with Gasteiger partial charge in [-0.05, 0) is 12.1 Å². The van der Waals surface area contributed by atoms with Gasteiger partial charge in [-0.15, -0.1) is 0 Å². The fraction of sp³-hybridized carbons (Fsp3) is 0.125. The number of aliphatic carboxylic acids is 1. The molecule has 1 atom stereocenters. The lowest BCUT2D eigenvalue weighted by Gasteiger charge is -2.16. The molecule has 2 N–H and O–H groups in total. The van der Waals surface area contributed by atoms with Crippen LogP contribution in [0.3, 0.4) is 0 Å². The van der Waals surface area contributed by atoms with E-state index in [1.54, 1.807) is 54.6 Å². The van der Waals surface area contributed by atoms with E-state index < -0.39 is 12.1 Å². The SMILES string of the molecule is CC(=O)Nc1cccc(OC(C(=O)O)c2ccccc2)c1. The summed E-state index contributed by atoms with van der Waals surface area (Å²) in [4.78, 5) is 22.4. The van der Waals surface area contributed by atoms with E-state index in [4.69, 9.17) is 4.74 Å². The highest BCUT2D eigenvalue weighted by molar-refractivity contribution is 5.88. The van der Waals surface area contributed by atoms with Crippen LogP contribution in [-0.4, -0.2) is 17.0 Å². The third-order valence-corrected chi connectivity index (χ3v) is 2.73. The number of nitrogens with one attached hydrogen (secondary N) is 1. The molecule has 0 saturated heterocycles. The van der Waals surface area contributed by atoms with Gasteiger partial charge in [0, 0.05) is 24.2 Å². The highest BCUT2D eigenvalue weighted by atomic mass is 16.5. The fourth-order valence-corrected chi connectivity index (χ4v) is 1.88. The Morgan fingerprint density at radius 3 is 2.43 bits per heavy atom. The van der Waals surface area contributed by atoms with E-state index in [1.165, 1.54) is 6.92 Å². The summed E-state index contributed by atoms with van der Waals surface area (Å²) >= 11 is 0. The van der Waals surface area contributed by atoms with Crippen LogP contribution < -0.4 is 10.1 Å². The average molecular weight is 285 g/mol. The minimum atomic E-state index is -1.10. The van der Waals surface area contributed by atoms with Crippen LogP contribution in [0.25, 0.3) is 0 Å². The first kappa shape index (κ1) is 14.6. The summed E-state index contributed by atoms with van der Waals surface area (Å²) in [7, 11) is 0. The predicted octanol–water partition coefficient (Wildman–Crippen LogP) is 2.85. The first-order valence-electron chi connectivity index (χ1n) is 6.38. The first-order chi connectivity index (χ1) is 10.1. The van der Waals surface area contributed by atoms with Gasteiger partial charge in [0.2, 0.25) is 12.0 Å². The lowest BCUT2D eigenvalue weighted by molar-refractivity contribution is -0.145. The van der Waals surface area contributed by atoms with Gasteiger partial charge in [-0.3, -0.25) is 4.79 Å². The van der Waals surface area contributed by atoms with E-state index in [2.05, 4.69) is 5.32 Å². The van der Waals surface area contributed by atoms with Gasteiger partial charge in [0.15, 0.2) is 0 Å². The number of carbonyl (C=O) groups is 2. The van der Waals surface area contributed by atoms with Crippen molar-refractivity contribution in [3.8, 4) is 5.75 Å². The molecule has 0 aliphatic carbocycles. The number of anilines is 1. The van der Waals surface area contributed by atoms with Crippen LogP contribution in [0.2, 0.25) is 0 Å². The van der Waals surface area contributed by atoms with E-state index in [0.717, 1.165) is 0 Å². The van der Waals surface area contributed by atoms with Crippen molar-refractivity contribution in [3.05, 3.63) is 60.2 Å². The molecule has 2 aromatic carbocycles. The van der Waals surface area contributed by atoms with Crippen molar-refractivity contribution in [3.63, 3.8) is 0 Å². The number of benzene rings is 2. The number of hydrogen-bond donors (Lipinski definition) is 2. The Morgan fingerprint density at radius 1 is 1.10 bits per heavy atom. The molecule has 5 nitrogen and oxygen atoms in total. The van der Waals surface area contributed by atoms with Crippen LogP contribution in [0.4, 0.5) is 5.69 Å². The van der Waals surface area contributed by atoms with Crippen LogP contribution in [0.5, 0.6) is 5.75 Å². The largest absolute Gasteiger partial charge is 0.478 e.